The Bertz CT molecular complexity index is 1220. The van der Waals surface area contributed by atoms with Crippen LogP contribution in [0.4, 0.5) is 0 Å². The first kappa shape index (κ1) is 23.9. The average molecular weight is 493 g/mol. The molecule has 0 radical (unpaired) electrons. The summed E-state index contributed by atoms with van der Waals surface area (Å²) in [6.45, 7) is 1.83. The van der Waals surface area contributed by atoms with Crippen molar-refractivity contribution in [3.05, 3.63) is 70.9 Å². The minimum absolute atomic E-state index is 0.0862. The number of ether oxygens (including phenoxy) is 1. The molecule has 2 aromatic carbocycles. The van der Waals surface area contributed by atoms with Gasteiger partial charge in [0, 0.05) is 29.5 Å². The Kier molecular flexibility index (Phi) is 7.11. The van der Waals surface area contributed by atoms with E-state index in [9.17, 15) is 9.59 Å². The second kappa shape index (κ2) is 10.4. The van der Waals surface area contributed by atoms with Crippen molar-refractivity contribution in [3.8, 4) is 5.69 Å². The van der Waals surface area contributed by atoms with Gasteiger partial charge in [-0.25, -0.2) is 4.79 Å². The molecule has 7 nitrogen and oxygen atoms in total. The van der Waals surface area contributed by atoms with E-state index >= 15 is 0 Å². The van der Waals surface area contributed by atoms with E-state index in [0.29, 0.717) is 32.0 Å². The molecule has 1 amide bonds. The van der Waals surface area contributed by atoms with Crippen LogP contribution in [0.1, 0.15) is 50.5 Å². The first-order chi connectivity index (χ1) is 17.0. The maximum atomic E-state index is 12.9. The van der Waals surface area contributed by atoms with E-state index in [2.05, 4.69) is 11.2 Å². The monoisotopic (exact) mass is 492 g/mol. The highest BCUT2D eigenvalue weighted by Crippen LogP contribution is 2.37. The Hall–Kier alpha value is -2.84. The lowest BCUT2D eigenvalue weighted by atomic mass is 9.73. The van der Waals surface area contributed by atoms with Gasteiger partial charge in [-0.15, -0.1) is 0 Å². The summed E-state index contributed by atoms with van der Waals surface area (Å²) in [5, 5.41) is 4.36. The number of carbonyl (C=O) groups excluding carboxylic acids is 1. The van der Waals surface area contributed by atoms with Crippen LogP contribution in [-0.4, -0.2) is 33.5 Å². The molecule has 0 bridgehead atoms. The van der Waals surface area contributed by atoms with Crippen molar-refractivity contribution < 1.29 is 9.53 Å². The highest BCUT2D eigenvalue weighted by Gasteiger charge is 2.40. The zero-order chi connectivity index (χ0) is 24.3. The molecule has 1 aromatic heterocycles. The zero-order valence-corrected chi connectivity index (χ0v) is 20.7. The average Bonchev–Trinajstić information content (AvgIpc) is 3.25. The summed E-state index contributed by atoms with van der Waals surface area (Å²) in [6, 6.07) is 15.9. The Morgan fingerprint density at radius 3 is 2.51 bits per heavy atom. The molecule has 5 rings (SSSR count). The van der Waals surface area contributed by atoms with Crippen LogP contribution < -0.4 is 11.4 Å². The topological polar surface area (TPSA) is 92.1 Å². The number of nitrogens with two attached hydrogens (primary N) is 1. The summed E-state index contributed by atoms with van der Waals surface area (Å²) in [5.41, 5.74) is 6.79. The molecule has 8 heteroatoms. The fourth-order valence-corrected chi connectivity index (χ4v) is 6.21. The molecular formula is C27H32N4O3S. The summed E-state index contributed by atoms with van der Waals surface area (Å²) < 4.78 is 8.69. The third-order valence-electron chi connectivity index (χ3n) is 7.43. The van der Waals surface area contributed by atoms with Gasteiger partial charge in [0.15, 0.2) is 0 Å². The van der Waals surface area contributed by atoms with Crippen LogP contribution >= 0.6 is 11.8 Å². The fraction of sp³-hybridized carbons (Fsp3) is 0.444. The maximum absolute atomic E-state index is 12.9. The van der Waals surface area contributed by atoms with Crippen molar-refractivity contribution in [2.45, 2.75) is 66.7 Å². The second-order valence-electron chi connectivity index (χ2n) is 9.66. The predicted molar refractivity (Wildman–Crippen MR) is 136 cm³/mol. The predicted octanol–water partition coefficient (Wildman–Crippen LogP) is 4.30. The molecule has 184 valence electrons. The Morgan fingerprint density at radius 2 is 1.80 bits per heavy atom. The number of aromatic nitrogens is 3. The molecule has 0 unspecified atom stereocenters. The second-order valence-corrected chi connectivity index (χ2v) is 10.8. The molecule has 0 spiro atoms. The van der Waals surface area contributed by atoms with Crippen molar-refractivity contribution in [3.63, 3.8) is 0 Å². The highest BCUT2D eigenvalue weighted by atomic mass is 32.2. The van der Waals surface area contributed by atoms with Gasteiger partial charge in [0.2, 0.25) is 5.91 Å². The third kappa shape index (κ3) is 5.09. The van der Waals surface area contributed by atoms with Gasteiger partial charge in [-0.2, -0.15) is 9.78 Å². The number of nitrogens with zero attached hydrogens (tertiary/aromatic N) is 3. The van der Waals surface area contributed by atoms with Crippen LogP contribution in [0, 0.1) is 5.92 Å². The van der Waals surface area contributed by atoms with Crippen LogP contribution in [0.3, 0.4) is 0 Å². The van der Waals surface area contributed by atoms with Gasteiger partial charge in [0.25, 0.3) is 0 Å². The summed E-state index contributed by atoms with van der Waals surface area (Å²) in [7, 11) is 0. The SMILES string of the molecule is NC(=O)C1(c2cccc(Sc3ccc(-n4ncn(CC5CCCCC5)c4=O)cc3)c2)CCOCC1. The lowest BCUT2D eigenvalue weighted by Crippen LogP contribution is -2.45. The van der Waals surface area contributed by atoms with Crippen LogP contribution in [0.2, 0.25) is 0 Å². The van der Waals surface area contributed by atoms with E-state index < -0.39 is 5.41 Å². The molecule has 2 N–H and O–H groups in total. The molecular weight excluding hydrogens is 460 g/mol. The van der Waals surface area contributed by atoms with Crippen molar-refractivity contribution in [1.29, 1.82) is 0 Å². The lowest BCUT2D eigenvalue weighted by Gasteiger charge is -2.34. The molecule has 1 aliphatic carbocycles. The highest BCUT2D eigenvalue weighted by molar-refractivity contribution is 7.99. The quantitative estimate of drug-likeness (QED) is 0.531. The van der Waals surface area contributed by atoms with Crippen LogP contribution in [0.5, 0.6) is 0 Å². The molecule has 0 atom stereocenters. The molecule has 2 heterocycles. The number of benzene rings is 2. The van der Waals surface area contributed by atoms with E-state index in [1.165, 1.54) is 36.8 Å². The van der Waals surface area contributed by atoms with Gasteiger partial charge < -0.3 is 10.5 Å². The summed E-state index contributed by atoms with van der Waals surface area (Å²) in [4.78, 5) is 27.4. The number of carbonyl (C=O) groups is 1. The summed E-state index contributed by atoms with van der Waals surface area (Å²) in [6.07, 6.45) is 9.08. The largest absolute Gasteiger partial charge is 0.381 e. The molecule has 2 aliphatic rings. The molecule has 1 saturated carbocycles. The summed E-state index contributed by atoms with van der Waals surface area (Å²) in [5.74, 6) is 0.282. The normalized spacial score (nSPS) is 18.4. The molecule has 35 heavy (non-hydrogen) atoms. The fourth-order valence-electron chi connectivity index (χ4n) is 5.33. The number of amides is 1. The minimum atomic E-state index is -0.670. The Morgan fingerprint density at radius 1 is 1.06 bits per heavy atom. The molecule has 1 saturated heterocycles. The first-order valence-electron chi connectivity index (χ1n) is 12.5. The minimum Gasteiger partial charge on any atom is -0.381 e. The molecule has 1 aliphatic heterocycles. The van der Waals surface area contributed by atoms with E-state index in [1.54, 1.807) is 22.7 Å². The van der Waals surface area contributed by atoms with E-state index in [4.69, 9.17) is 10.5 Å². The molecule has 3 aromatic rings. The number of hydrogen-bond donors (Lipinski definition) is 1. The van der Waals surface area contributed by atoms with Gasteiger partial charge in [-0.05, 0) is 73.6 Å². The van der Waals surface area contributed by atoms with E-state index in [0.717, 1.165) is 27.6 Å². The van der Waals surface area contributed by atoms with Gasteiger partial charge >= 0.3 is 5.69 Å². The van der Waals surface area contributed by atoms with Crippen LogP contribution in [-0.2, 0) is 21.5 Å². The van der Waals surface area contributed by atoms with Gasteiger partial charge in [-0.1, -0.05) is 43.2 Å². The Balaban J connectivity index is 1.30. The smallest absolute Gasteiger partial charge is 0.350 e. The Labute approximate surface area is 209 Å². The zero-order valence-electron chi connectivity index (χ0n) is 19.9. The molecule has 2 fully saturated rings. The van der Waals surface area contributed by atoms with E-state index in [-0.39, 0.29) is 11.6 Å². The number of hydrogen-bond acceptors (Lipinski definition) is 5. The van der Waals surface area contributed by atoms with E-state index in [1.807, 2.05) is 42.5 Å². The summed E-state index contributed by atoms with van der Waals surface area (Å²) >= 11 is 1.62. The van der Waals surface area contributed by atoms with Gasteiger partial charge in [0.05, 0.1) is 11.1 Å². The van der Waals surface area contributed by atoms with Crippen molar-refractivity contribution in [2.75, 3.05) is 13.2 Å². The van der Waals surface area contributed by atoms with Gasteiger partial charge in [-0.3, -0.25) is 9.36 Å². The maximum Gasteiger partial charge on any atom is 0.350 e. The standard InChI is InChI=1S/C27H32N4O3S/c28-25(32)27(13-15-34-16-14-27)21-7-4-8-24(17-21)35-23-11-9-22(10-12-23)31-26(33)30(19-29-31)18-20-5-2-1-3-6-20/h4,7-12,17,19-20H,1-3,5-6,13-16,18H2,(H2,28,32). The van der Waals surface area contributed by atoms with Crippen molar-refractivity contribution in [2.24, 2.45) is 11.7 Å². The van der Waals surface area contributed by atoms with Crippen molar-refractivity contribution >= 4 is 17.7 Å². The first-order valence-corrected chi connectivity index (χ1v) is 13.3. The number of primary amides is 1. The number of rotatable bonds is 7. The van der Waals surface area contributed by atoms with Crippen molar-refractivity contribution in [1.82, 2.24) is 14.3 Å². The van der Waals surface area contributed by atoms with Crippen LogP contribution in [0.15, 0.2) is 69.4 Å². The van der Waals surface area contributed by atoms with Crippen LogP contribution in [0.25, 0.3) is 5.69 Å². The lowest BCUT2D eigenvalue weighted by molar-refractivity contribution is -0.127. The third-order valence-corrected chi connectivity index (χ3v) is 8.43. The van der Waals surface area contributed by atoms with Gasteiger partial charge in [0.1, 0.15) is 6.33 Å².